The van der Waals surface area contributed by atoms with Crippen LogP contribution < -0.4 is 0 Å². The van der Waals surface area contributed by atoms with Gasteiger partial charge in [0.25, 0.3) is 0 Å². The fourth-order valence-corrected chi connectivity index (χ4v) is 5.08. The van der Waals surface area contributed by atoms with E-state index in [1.54, 1.807) is 0 Å². The van der Waals surface area contributed by atoms with E-state index in [0.29, 0.717) is 17.8 Å². The van der Waals surface area contributed by atoms with Crippen LogP contribution in [0.15, 0.2) is 24.8 Å². The van der Waals surface area contributed by atoms with E-state index in [1.807, 2.05) is 6.08 Å². The van der Waals surface area contributed by atoms with Gasteiger partial charge >= 0.3 is 0 Å². The van der Waals surface area contributed by atoms with Gasteiger partial charge in [-0.25, -0.2) is 0 Å². The van der Waals surface area contributed by atoms with Gasteiger partial charge in [-0.15, -0.1) is 6.58 Å². The minimum atomic E-state index is -1.46. The van der Waals surface area contributed by atoms with Crippen molar-refractivity contribution in [1.82, 2.24) is 0 Å². The molecular weight excluding hydrogens is 415 g/mol. The summed E-state index contributed by atoms with van der Waals surface area (Å²) in [6.07, 6.45) is 3.67. The highest BCUT2D eigenvalue weighted by Gasteiger charge is 2.61. The molecule has 0 radical (unpaired) electrons. The molecule has 168 valence electrons. The molecule has 0 aromatic heterocycles. The zero-order valence-electron chi connectivity index (χ0n) is 19.6. The molecule has 0 N–H and O–H groups in total. The van der Waals surface area contributed by atoms with E-state index in [2.05, 4.69) is 67.2 Å². The van der Waals surface area contributed by atoms with Crippen LogP contribution in [0.3, 0.4) is 0 Å². The summed E-state index contributed by atoms with van der Waals surface area (Å²) in [5.41, 5.74) is 5.18. The highest BCUT2D eigenvalue weighted by Crippen LogP contribution is 2.50. The standard InChI is InChI=1S/C26H38Cl2O2/c1-9-10-11-12-20-24(29)26(27,28)25(20)30-18(8)23-21(16(4)5)13-19(15(2)3)14-22(23)17(6)7/h9,13-18,20,25H,1,10-12H2,2-8H3/t18-,20-,25-/m0/s1. The molecule has 1 aromatic carbocycles. The van der Waals surface area contributed by atoms with Gasteiger partial charge in [0.15, 0.2) is 5.78 Å². The molecule has 0 spiro atoms. The van der Waals surface area contributed by atoms with Crippen LogP contribution in [0.5, 0.6) is 0 Å². The molecule has 0 saturated heterocycles. The third-order valence-electron chi connectivity index (χ3n) is 6.25. The molecule has 0 bridgehead atoms. The number of hydrogen-bond donors (Lipinski definition) is 0. The Balaban J connectivity index is 2.40. The smallest absolute Gasteiger partial charge is 0.202 e. The lowest BCUT2D eigenvalue weighted by atomic mass is 9.75. The van der Waals surface area contributed by atoms with Gasteiger partial charge in [0.2, 0.25) is 4.33 Å². The molecule has 0 unspecified atom stereocenters. The van der Waals surface area contributed by atoms with Crippen LogP contribution in [-0.2, 0) is 9.53 Å². The maximum atomic E-state index is 12.5. The van der Waals surface area contributed by atoms with Crippen molar-refractivity contribution in [1.29, 1.82) is 0 Å². The van der Waals surface area contributed by atoms with E-state index in [4.69, 9.17) is 27.9 Å². The summed E-state index contributed by atoms with van der Waals surface area (Å²) in [7, 11) is 0. The first-order valence-corrected chi connectivity index (χ1v) is 12.0. The van der Waals surface area contributed by atoms with Crippen LogP contribution in [0.4, 0.5) is 0 Å². The van der Waals surface area contributed by atoms with Gasteiger partial charge in [-0.1, -0.05) is 83.0 Å². The van der Waals surface area contributed by atoms with Gasteiger partial charge in [0, 0.05) is 0 Å². The van der Waals surface area contributed by atoms with Crippen molar-refractivity contribution < 1.29 is 9.53 Å². The van der Waals surface area contributed by atoms with Crippen molar-refractivity contribution in [3.05, 3.63) is 47.0 Å². The number of Topliss-reactive ketones (excluding diaryl/α,β-unsaturated/α-hetero) is 1. The Morgan fingerprint density at radius 3 is 2.00 bits per heavy atom. The molecule has 1 aliphatic carbocycles. The van der Waals surface area contributed by atoms with Gasteiger partial charge in [0.05, 0.1) is 12.0 Å². The van der Waals surface area contributed by atoms with Gasteiger partial charge in [0.1, 0.15) is 6.10 Å². The number of rotatable bonds is 10. The number of alkyl halides is 2. The topological polar surface area (TPSA) is 26.3 Å². The molecular formula is C26H38Cl2O2. The Hall–Kier alpha value is -0.830. The van der Waals surface area contributed by atoms with E-state index >= 15 is 0 Å². The molecule has 1 fully saturated rings. The molecule has 0 aliphatic heterocycles. The number of ether oxygens (including phenoxy) is 1. The van der Waals surface area contributed by atoms with Crippen molar-refractivity contribution >= 4 is 29.0 Å². The van der Waals surface area contributed by atoms with E-state index in [0.717, 1.165) is 19.3 Å². The van der Waals surface area contributed by atoms with E-state index < -0.39 is 10.4 Å². The SMILES string of the molecule is C=CCCC[C@H]1C(=O)C(Cl)(Cl)[C@H]1O[C@@H](C)c1c(C(C)C)cc(C(C)C)cc1C(C)C. The molecule has 1 aromatic rings. The van der Waals surface area contributed by atoms with Gasteiger partial charge in [-0.05, 0) is 66.2 Å². The molecule has 0 amide bonds. The van der Waals surface area contributed by atoms with Gasteiger partial charge < -0.3 is 4.74 Å². The first kappa shape index (κ1) is 25.4. The Labute approximate surface area is 193 Å². The summed E-state index contributed by atoms with van der Waals surface area (Å²) in [5, 5.41) is 0. The second-order valence-electron chi connectivity index (χ2n) is 9.59. The van der Waals surface area contributed by atoms with Crippen LogP contribution in [0.25, 0.3) is 0 Å². The van der Waals surface area contributed by atoms with Crippen LogP contribution in [0.1, 0.15) is 114 Å². The minimum absolute atomic E-state index is 0.115. The quantitative estimate of drug-likeness (QED) is 0.203. The highest BCUT2D eigenvalue weighted by atomic mass is 35.5. The lowest BCUT2D eigenvalue weighted by molar-refractivity contribution is -0.154. The maximum absolute atomic E-state index is 12.5. The fraction of sp³-hybridized carbons (Fsp3) is 0.654. The number of carbonyl (C=O) groups excluding carboxylic acids is 1. The van der Waals surface area contributed by atoms with Crippen molar-refractivity contribution in [2.24, 2.45) is 5.92 Å². The number of unbranched alkanes of at least 4 members (excludes halogenated alkanes) is 1. The predicted molar refractivity (Wildman–Crippen MR) is 129 cm³/mol. The Morgan fingerprint density at radius 2 is 1.57 bits per heavy atom. The molecule has 2 rings (SSSR count). The number of carbonyl (C=O) groups is 1. The number of ketones is 1. The molecule has 1 aliphatic rings. The third-order valence-corrected chi connectivity index (χ3v) is 7.05. The summed E-state index contributed by atoms with van der Waals surface area (Å²) < 4.78 is 5.02. The summed E-state index contributed by atoms with van der Waals surface area (Å²) in [6, 6.07) is 4.64. The molecule has 1 saturated carbocycles. The van der Waals surface area contributed by atoms with Crippen molar-refractivity contribution in [2.75, 3.05) is 0 Å². The second kappa shape index (κ2) is 10.2. The Bertz CT molecular complexity index is 735. The predicted octanol–water partition coefficient (Wildman–Crippen LogP) is 8.23. The van der Waals surface area contributed by atoms with E-state index in [9.17, 15) is 4.79 Å². The first-order chi connectivity index (χ1) is 13.9. The molecule has 3 atom stereocenters. The van der Waals surface area contributed by atoms with E-state index in [-0.39, 0.29) is 17.8 Å². The summed E-state index contributed by atoms with van der Waals surface area (Å²) >= 11 is 12.8. The largest absolute Gasteiger partial charge is 0.366 e. The van der Waals surface area contributed by atoms with Crippen LogP contribution >= 0.6 is 23.2 Å². The Morgan fingerprint density at radius 1 is 1.03 bits per heavy atom. The summed E-state index contributed by atoms with van der Waals surface area (Å²) in [6.45, 7) is 19.2. The number of allylic oxidation sites excluding steroid dienone is 1. The molecule has 4 heteroatoms. The zero-order valence-corrected chi connectivity index (χ0v) is 21.1. The van der Waals surface area contributed by atoms with E-state index in [1.165, 1.54) is 22.3 Å². The summed E-state index contributed by atoms with van der Waals surface area (Å²) in [4.78, 5) is 12.5. The Kier molecular flexibility index (Phi) is 8.64. The lowest BCUT2D eigenvalue weighted by Gasteiger charge is -2.46. The number of halogens is 2. The van der Waals surface area contributed by atoms with Crippen molar-refractivity contribution in [3.63, 3.8) is 0 Å². The van der Waals surface area contributed by atoms with Crippen LogP contribution in [0.2, 0.25) is 0 Å². The normalized spacial score (nSPS) is 21.9. The minimum Gasteiger partial charge on any atom is -0.366 e. The molecule has 0 heterocycles. The molecule has 30 heavy (non-hydrogen) atoms. The average Bonchev–Trinajstić information content (AvgIpc) is 2.68. The average molecular weight is 453 g/mol. The lowest BCUT2D eigenvalue weighted by Crippen LogP contribution is -2.62. The van der Waals surface area contributed by atoms with Gasteiger partial charge in [-0.2, -0.15) is 0 Å². The maximum Gasteiger partial charge on any atom is 0.202 e. The number of hydrogen-bond acceptors (Lipinski definition) is 2. The first-order valence-electron chi connectivity index (χ1n) is 11.3. The van der Waals surface area contributed by atoms with Crippen molar-refractivity contribution in [2.45, 2.75) is 102 Å². The van der Waals surface area contributed by atoms with Crippen LogP contribution in [-0.4, -0.2) is 16.2 Å². The molecule has 2 nitrogen and oxygen atoms in total. The summed E-state index contributed by atoms with van der Waals surface area (Å²) in [5.74, 6) is 0.829. The van der Waals surface area contributed by atoms with Crippen molar-refractivity contribution in [3.8, 4) is 0 Å². The highest BCUT2D eigenvalue weighted by molar-refractivity contribution is 6.61. The number of benzene rings is 1. The fourth-order valence-electron chi connectivity index (χ4n) is 4.40. The van der Waals surface area contributed by atoms with Gasteiger partial charge in [-0.3, -0.25) is 4.79 Å². The third kappa shape index (κ3) is 5.14. The second-order valence-corrected chi connectivity index (χ2v) is 11.0. The van der Waals surface area contributed by atoms with Crippen LogP contribution in [0, 0.1) is 5.92 Å². The monoisotopic (exact) mass is 452 g/mol. The zero-order chi connectivity index (χ0) is 22.8.